The van der Waals surface area contributed by atoms with Crippen LogP contribution in [-0.2, 0) is 0 Å². The summed E-state index contributed by atoms with van der Waals surface area (Å²) in [7, 11) is 0. The summed E-state index contributed by atoms with van der Waals surface area (Å²) in [5.41, 5.74) is 5.08. The zero-order chi connectivity index (χ0) is 14.5. The first-order chi connectivity index (χ1) is 10.3. The van der Waals surface area contributed by atoms with Crippen molar-refractivity contribution in [1.29, 1.82) is 0 Å². The zero-order valence-electron chi connectivity index (χ0n) is 11.1. The van der Waals surface area contributed by atoms with E-state index in [0.717, 1.165) is 11.3 Å². The second-order valence-electron chi connectivity index (χ2n) is 4.39. The van der Waals surface area contributed by atoms with Gasteiger partial charge in [0.2, 0.25) is 0 Å². The largest absolute Gasteiger partial charge is 0.324 e. The molecule has 1 N–H and O–H groups in total. The van der Waals surface area contributed by atoms with Crippen LogP contribution in [0.5, 0.6) is 0 Å². The molecule has 0 unspecified atom stereocenters. The van der Waals surface area contributed by atoms with Gasteiger partial charge in [-0.25, -0.2) is 5.43 Å². The molecule has 4 nitrogen and oxygen atoms in total. The SMILES string of the molecule is O=C(N/N=C\c1ccsc1)c1ccc(-n2cccc2)cc1. The third-order valence-electron chi connectivity index (χ3n) is 2.95. The summed E-state index contributed by atoms with van der Waals surface area (Å²) in [4.78, 5) is 11.9. The first-order valence-electron chi connectivity index (χ1n) is 6.42. The molecule has 0 aliphatic carbocycles. The Morgan fingerprint density at radius 3 is 2.57 bits per heavy atom. The second-order valence-corrected chi connectivity index (χ2v) is 5.17. The molecule has 0 saturated heterocycles. The van der Waals surface area contributed by atoms with E-state index < -0.39 is 0 Å². The van der Waals surface area contributed by atoms with E-state index in [1.165, 1.54) is 0 Å². The maximum Gasteiger partial charge on any atom is 0.271 e. The molecule has 2 heterocycles. The second kappa shape index (κ2) is 6.19. The molecule has 0 bridgehead atoms. The van der Waals surface area contributed by atoms with Crippen LogP contribution in [0.3, 0.4) is 0 Å². The summed E-state index contributed by atoms with van der Waals surface area (Å²) in [5.74, 6) is -0.222. The van der Waals surface area contributed by atoms with Gasteiger partial charge in [-0.3, -0.25) is 4.79 Å². The third-order valence-corrected chi connectivity index (χ3v) is 3.66. The summed E-state index contributed by atoms with van der Waals surface area (Å²) in [5, 5.41) is 7.86. The highest BCUT2D eigenvalue weighted by Crippen LogP contribution is 2.10. The molecule has 5 heteroatoms. The molecule has 3 rings (SSSR count). The lowest BCUT2D eigenvalue weighted by atomic mass is 10.2. The van der Waals surface area contributed by atoms with Crippen molar-refractivity contribution in [1.82, 2.24) is 9.99 Å². The predicted molar refractivity (Wildman–Crippen MR) is 85.1 cm³/mol. The fourth-order valence-corrected chi connectivity index (χ4v) is 2.48. The van der Waals surface area contributed by atoms with Gasteiger partial charge in [0.05, 0.1) is 6.21 Å². The number of thiophene rings is 1. The van der Waals surface area contributed by atoms with Gasteiger partial charge >= 0.3 is 0 Å². The van der Waals surface area contributed by atoms with Gasteiger partial charge in [0, 0.05) is 29.2 Å². The number of hydrogen-bond donors (Lipinski definition) is 1. The monoisotopic (exact) mass is 295 g/mol. The van der Waals surface area contributed by atoms with Gasteiger partial charge < -0.3 is 4.57 Å². The van der Waals surface area contributed by atoms with Gasteiger partial charge in [-0.15, -0.1) is 0 Å². The molecular weight excluding hydrogens is 282 g/mol. The van der Waals surface area contributed by atoms with E-state index in [2.05, 4.69) is 10.5 Å². The minimum Gasteiger partial charge on any atom is -0.324 e. The third kappa shape index (κ3) is 3.27. The van der Waals surface area contributed by atoms with Crippen molar-refractivity contribution in [3.05, 3.63) is 76.7 Å². The van der Waals surface area contributed by atoms with Crippen molar-refractivity contribution < 1.29 is 4.79 Å². The highest BCUT2D eigenvalue weighted by molar-refractivity contribution is 7.08. The van der Waals surface area contributed by atoms with E-state index in [-0.39, 0.29) is 5.91 Å². The van der Waals surface area contributed by atoms with Crippen LogP contribution in [0.25, 0.3) is 5.69 Å². The Hall–Kier alpha value is -2.66. The van der Waals surface area contributed by atoms with Crippen LogP contribution < -0.4 is 5.43 Å². The number of nitrogens with zero attached hydrogens (tertiary/aromatic N) is 2. The van der Waals surface area contributed by atoms with Gasteiger partial charge in [0.1, 0.15) is 0 Å². The number of benzene rings is 1. The lowest BCUT2D eigenvalue weighted by Gasteiger charge is -2.04. The summed E-state index contributed by atoms with van der Waals surface area (Å²) in [6.45, 7) is 0. The van der Waals surface area contributed by atoms with Crippen molar-refractivity contribution in [2.24, 2.45) is 5.10 Å². The maximum absolute atomic E-state index is 11.9. The Balaban J connectivity index is 1.65. The van der Waals surface area contributed by atoms with E-state index in [9.17, 15) is 4.79 Å². The van der Waals surface area contributed by atoms with Crippen LogP contribution in [0.2, 0.25) is 0 Å². The molecule has 104 valence electrons. The summed E-state index contributed by atoms with van der Waals surface area (Å²) in [6, 6.07) is 13.2. The average molecular weight is 295 g/mol. The van der Waals surface area contributed by atoms with Crippen LogP contribution in [-0.4, -0.2) is 16.7 Å². The number of amides is 1. The number of carbonyl (C=O) groups is 1. The van der Waals surface area contributed by atoms with Gasteiger partial charge in [-0.2, -0.15) is 16.4 Å². The smallest absolute Gasteiger partial charge is 0.271 e. The fourth-order valence-electron chi connectivity index (χ4n) is 1.87. The van der Waals surface area contributed by atoms with Crippen molar-refractivity contribution in [2.75, 3.05) is 0 Å². The first kappa shape index (κ1) is 13.3. The Kier molecular flexibility index (Phi) is 3.93. The number of hydrazone groups is 1. The van der Waals surface area contributed by atoms with Gasteiger partial charge in [0.25, 0.3) is 5.91 Å². The Morgan fingerprint density at radius 2 is 1.90 bits per heavy atom. The molecule has 21 heavy (non-hydrogen) atoms. The van der Waals surface area contributed by atoms with Crippen LogP contribution in [0.15, 0.2) is 70.7 Å². The Labute approximate surface area is 126 Å². The van der Waals surface area contributed by atoms with E-state index in [0.29, 0.717) is 5.56 Å². The highest BCUT2D eigenvalue weighted by atomic mass is 32.1. The highest BCUT2D eigenvalue weighted by Gasteiger charge is 2.04. The molecule has 0 spiro atoms. The minimum atomic E-state index is -0.222. The maximum atomic E-state index is 11.9. The quantitative estimate of drug-likeness (QED) is 0.582. The average Bonchev–Trinajstić information content (AvgIpc) is 3.21. The van der Waals surface area contributed by atoms with E-state index in [4.69, 9.17) is 0 Å². The zero-order valence-corrected chi connectivity index (χ0v) is 12.0. The molecule has 0 saturated carbocycles. The number of carbonyl (C=O) groups excluding carboxylic acids is 1. The first-order valence-corrected chi connectivity index (χ1v) is 7.36. The van der Waals surface area contributed by atoms with Crippen molar-refractivity contribution in [3.63, 3.8) is 0 Å². The van der Waals surface area contributed by atoms with E-state index in [1.807, 2.05) is 58.1 Å². The molecule has 1 aromatic carbocycles. The van der Waals surface area contributed by atoms with E-state index in [1.54, 1.807) is 29.7 Å². The van der Waals surface area contributed by atoms with E-state index >= 15 is 0 Å². The van der Waals surface area contributed by atoms with Crippen LogP contribution in [0, 0.1) is 0 Å². The molecule has 1 amide bonds. The lowest BCUT2D eigenvalue weighted by molar-refractivity contribution is 0.0955. The standard InChI is InChI=1S/C16H13N3OS/c20-16(18-17-11-13-7-10-21-12-13)14-3-5-15(6-4-14)19-8-1-2-9-19/h1-12H,(H,18,20)/b17-11-. The van der Waals surface area contributed by atoms with Crippen molar-refractivity contribution in [2.45, 2.75) is 0 Å². The molecule has 0 fully saturated rings. The molecule has 0 radical (unpaired) electrons. The summed E-state index contributed by atoms with van der Waals surface area (Å²) in [6.07, 6.45) is 5.54. The molecule has 0 aliphatic heterocycles. The van der Waals surface area contributed by atoms with Gasteiger partial charge in [0.15, 0.2) is 0 Å². The molecular formula is C16H13N3OS. The van der Waals surface area contributed by atoms with Gasteiger partial charge in [-0.1, -0.05) is 0 Å². The van der Waals surface area contributed by atoms with Crippen molar-refractivity contribution >= 4 is 23.5 Å². The Morgan fingerprint density at radius 1 is 1.14 bits per heavy atom. The summed E-state index contributed by atoms with van der Waals surface area (Å²) < 4.78 is 1.98. The van der Waals surface area contributed by atoms with Crippen molar-refractivity contribution in [3.8, 4) is 5.69 Å². The number of rotatable bonds is 4. The predicted octanol–water partition coefficient (Wildman–Crippen LogP) is 3.30. The normalized spacial score (nSPS) is 10.9. The number of nitrogens with one attached hydrogen (secondary N) is 1. The topological polar surface area (TPSA) is 46.4 Å². The minimum absolute atomic E-state index is 0.222. The molecule has 0 atom stereocenters. The lowest BCUT2D eigenvalue weighted by Crippen LogP contribution is -2.17. The molecule has 3 aromatic rings. The number of hydrogen-bond acceptors (Lipinski definition) is 3. The van der Waals surface area contributed by atoms with Crippen LogP contribution in [0.4, 0.5) is 0 Å². The molecule has 2 aromatic heterocycles. The fraction of sp³-hybridized carbons (Fsp3) is 0. The van der Waals surface area contributed by atoms with Crippen LogP contribution in [0.1, 0.15) is 15.9 Å². The van der Waals surface area contributed by atoms with Crippen LogP contribution >= 0.6 is 11.3 Å². The molecule has 0 aliphatic rings. The van der Waals surface area contributed by atoms with Gasteiger partial charge in [-0.05, 0) is 53.2 Å². The Bertz CT molecular complexity index is 728. The summed E-state index contributed by atoms with van der Waals surface area (Å²) >= 11 is 1.59. The number of aromatic nitrogens is 1.